The monoisotopic (exact) mass is 485 g/mol. The lowest BCUT2D eigenvalue weighted by atomic mass is 9.33. The molecule has 2 aromatic carbocycles. The van der Waals surface area contributed by atoms with Crippen LogP contribution in [0.5, 0.6) is 11.5 Å². The maximum absolute atomic E-state index is 12.1. The summed E-state index contributed by atoms with van der Waals surface area (Å²) < 4.78 is 13.4. The Morgan fingerprint density at radius 3 is 2.69 bits per heavy atom. The zero-order chi connectivity index (χ0) is 24.5. The molecule has 5 heteroatoms. The summed E-state index contributed by atoms with van der Waals surface area (Å²) in [5.74, 6) is 1.69. The molecule has 2 spiro atoms. The van der Waals surface area contributed by atoms with Crippen LogP contribution in [0, 0.1) is 16.7 Å². The van der Waals surface area contributed by atoms with Crippen LogP contribution in [0.15, 0.2) is 54.6 Å². The molecule has 9 rings (SSSR count). The maximum atomic E-state index is 12.1. The molecule has 3 fully saturated rings. The van der Waals surface area contributed by atoms with Crippen LogP contribution in [0.3, 0.4) is 0 Å². The van der Waals surface area contributed by atoms with Gasteiger partial charge in [0.2, 0.25) is 0 Å². The highest BCUT2D eigenvalue weighted by Crippen LogP contribution is 2.78. The summed E-state index contributed by atoms with van der Waals surface area (Å²) in [7, 11) is 1.77. The van der Waals surface area contributed by atoms with Gasteiger partial charge in [0.15, 0.2) is 11.5 Å². The van der Waals surface area contributed by atoms with Gasteiger partial charge in [-0.15, -0.1) is 0 Å². The second kappa shape index (κ2) is 6.75. The highest BCUT2D eigenvalue weighted by atomic mass is 16.6. The van der Waals surface area contributed by atoms with Crippen molar-refractivity contribution < 1.29 is 19.7 Å². The second-order valence-electron chi connectivity index (χ2n) is 12.6. The van der Waals surface area contributed by atoms with Crippen LogP contribution in [0.1, 0.15) is 55.4 Å². The number of hydrogen-bond acceptors (Lipinski definition) is 5. The number of hydrogen-bond donors (Lipinski definition) is 2. The summed E-state index contributed by atoms with van der Waals surface area (Å²) in [5.41, 5.74) is 1.56. The van der Waals surface area contributed by atoms with E-state index in [2.05, 4.69) is 30.0 Å². The average molecular weight is 486 g/mol. The van der Waals surface area contributed by atoms with Gasteiger partial charge in [-0.2, -0.15) is 0 Å². The van der Waals surface area contributed by atoms with Gasteiger partial charge in [-0.3, -0.25) is 4.90 Å². The largest absolute Gasteiger partial charge is 0.504 e. The molecule has 5 nitrogen and oxygen atoms in total. The molecule has 5 aliphatic carbocycles. The van der Waals surface area contributed by atoms with Gasteiger partial charge >= 0.3 is 0 Å². The van der Waals surface area contributed by atoms with Gasteiger partial charge < -0.3 is 19.7 Å². The van der Waals surface area contributed by atoms with Crippen LogP contribution in [-0.4, -0.2) is 53.1 Å². The maximum Gasteiger partial charge on any atom is 0.165 e. The number of aromatic hydroxyl groups is 1. The molecule has 0 aromatic heterocycles. The molecule has 36 heavy (non-hydrogen) atoms. The quantitative estimate of drug-likeness (QED) is 0.610. The van der Waals surface area contributed by atoms with E-state index in [1.54, 1.807) is 7.11 Å². The summed E-state index contributed by atoms with van der Waals surface area (Å²) in [6, 6.07) is 14.3. The summed E-state index contributed by atoms with van der Waals surface area (Å²) >= 11 is 0. The fourth-order valence-corrected chi connectivity index (χ4v) is 9.54. The van der Waals surface area contributed by atoms with E-state index >= 15 is 0 Å². The molecule has 1 saturated heterocycles. The van der Waals surface area contributed by atoms with Gasteiger partial charge in [0.05, 0.1) is 11.5 Å². The first kappa shape index (κ1) is 21.7. The number of likely N-dealkylation sites (tertiary alicyclic amines) is 1. The third kappa shape index (κ3) is 2.22. The minimum absolute atomic E-state index is 0.193. The molecule has 2 saturated carbocycles. The van der Waals surface area contributed by atoms with Crippen LogP contribution in [0.25, 0.3) is 0 Å². The predicted octanol–water partition coefficient (Wildman–Crippen LogP) is 4.52. The van der Waals surface area contributed by atoms with Crippen LogP contribution in [0.2, 0.25) is 0 Å². The third-order valence-electron chi connectivity index (χ3n) is 11.2. The Morgan fingerprint density at radius 1 is 1.14 bits per heavy atom. The van der Waals surface area contributed by atoms with Gasteiger partial charge in [0, 0.05) is 36.1 Å². The Kier molecular flexibility index (Phi) is 4.07. The number of fused-ring (bicyclic) bond motifs is 1. The van der Waals surface area contributed by atoms with Crippen LogP contribution >= 0.6 is 0 Å². The Balaban J connectivity index is 1.38. The van der Waals surface area contributed by atoms with E-state index in [0.717, 1.165) is 43.8 Å². The first-order chi connectivity index (χ1) is 17.4. The number of methoxy groups -OCH3 is 1. The van der Waals surface area contributed by atoms with Gasteiger partial charge in [0.25, 0.3) is 0 Å². The molecule has 7 atom stereocenters. The molecular formula is C31H35NO4. The molecule has 3 unspecified atom stereocenters. The molecule has 4 bridgehead atoms. The summed E-state index contributed by atoms with van der Waals surface area (Å²) in [4.78, 5) is 2.76. The fraction of sp³-hybridized carbons (Fsp3) is 0.548. The fourth-order valence-electron chi connectivity index (χ4n) is 9.54. The molecule has 0 amide bonds. The molecular weight excluding hydrogens is 450 g/mol. The highest BCUT2D eigenvalue weighted by Gasteiger charge is 2.82. The van der Waals surface area contributed by atoms with Crippen molar-refractivity contribution in [3.05, 3.63) is 71.3 Å². The average Bonchev–Trinajstić information content (AvgIpc) is 3.64. The first-order valence-electron chi connectivity index (χ1n) is 13.6. The standard InChI is InChI=1S/C31H35NO4/c1-28(26(34)20-6-4-3-5-7-20)18-29-12-13-31(28,35-2)27-30(29)14-15-32(17-19-8-9-19)23(29)16-21-10-11-22(33)25(36-27)24(21)30/h3-7,10-13,19,23,26-27,33-34H,8-9,14-18H2,1-2H3/t23?,26-,27-,28?,29?,30-,31-/m0/s1. The summed E-state index contributed by atoms with van der Waals surface area (Å²) in [6.45, 7) is 4.41. The number of phenols is 1. The van der Waals surface area contributed by atoms with E-state index in [4.69, 9.17) is 9.47 Å². The number of phenolic OH excluding ortho intramolecular Hbond substituents is 1. The first-order valence-corrected chi connectivity index (χ1v) is 13.6. The number of aliphatic hydroxyl groups is 1. The Hall–Kier alpha value is -2.34. The zero-order valence-corrected chi connectivity index (χ0v) is 21.1. The van der Waals surface area contributed by atoms with Crippen LogP contribution < -0.4 is 4.74 Å². The lowest BCUT2D eigenvalue weighted by molar-refractivity contribution is -0.270. The minimum atomic E-state index is -0.826. The molecule has 7 aliphatic rings. The van der Waals surface area contributed by atoms with Crippen LogP contribution in [-0.2, 0) is 16.6 Å². The third-order valence-corrected chi connectivity index (χ3v) is 11.2. The summed E-state index contributed by atoms with van der Waals surface area (Å²) in [5, 5.41) is 23.1. The Labute approximate surface area is 212 Å². The summed E-state index contributed by atoms with van der Waals surface area (Å²) in [6.07, 6.45) is 9.13. The van der Waals surface area contributed by atoms with Gasteiger partial charge in [-0.25, -0.2) is 0 Å². The Morgan fingerprint density at radius 2 is 1.94 bits per heavy atom. The van der Waals surface area contributed by atoms with E-state index in [0.29, 0.717) is 11.8 Å². The number of aliphatic hydroxyl groups excluding tert-OH is 1. The lowest BCUT2D eigenvalue weighted by Gasteiger charge is -2.74. The van der Waals surface area contributed by atoms with Crippen molar-refractivity contribution in [3.63, 3.8) is 0 Å². The van der Waals surface area contributed by atoms with E-state index in [1.165, 1.54) is 24.0 Å². The topological polar surface area (TPSA) is 62.2 Å². The smallest absolute Gasteiger partial charge is 0.165 e. The molecule has 0 radical (unpaired) electrons. The Bertz CT molecular complexity index is 1290. The lowest BCUT2D eigenvalue weighted by Crippen LogP contribution is -2.81. The van der Waals surface area contributed by atoms with E-state index < -0.39 is 17.1 Å². The van der Waals surface area contributed by atoms with Crippen molar-refractivity contribution in [2.75, 3.05) is 20.2 Å². The zero-order valence-electron chi connectivity index (χ0n) is 21.1. The van der Waals surface area contributed by atoms with Gasteiger partial charge in [0.1, 0.15) is 11.7 Å². The number of rotatable bonds is 5. The van der Waals surface area contributed by atoms with Crippen molar-refractivity contribution in [3.8, 4) is 11.5 Å². The van der Waals surface area contributed by atoms with E-state index in [1.807, 2.05) is 36.4 Å². The van der Waals surface area contributed by atoms with E-state index in [9.17, 15) is 10.2 Å². The molecule has 2 aliphatic heterocycles. The van der Waals surface area contributed by atoms with Crippen molar-refractivity contribution >= 4 is 0 Å². The molecule has 2 N–H and O–H groups in total. The van der Waals surface area contributed by atoms with Gasteiger partial charge in [-0.1, -0.05) is 55.5 Å². The number of nitrogens with zero attached hydrogens (tertiary/aromatic N) is 1. The minimum Gasteiger partial charge on any atom is -0.504 e. The molecule has 2 heterocycles. The normalized spacial score (nSPS) is 42.2. The predicted molar refractivity (Wildman–Crippen MR) is 136 cm³/mol. The van der Waals surface area contributed by atoms with Crippen molar-refractivity contribution in [2.45, 2.75) is 68.3 Å². The molecule has 2 aromatic rings. The SMILES string of the molecule is CO[C@]12C=CC3(CC1(C)[C@@H](O)c1ccccc1)C1Cc4ccc(O)c5c4[C@@]3(CCN1CC1CC1)[C@@H]2O5. The number of piperidine rings is 1. The van der Waals surface area contributed by atoms with Crippen LogP contribution in [0.4, 0.5) is 0 Å². The second-order valence-corrected chi connectivity index (χ2v) is 12.6. The van der Waals surface area contributed by atoms with Gasteiger partial charge in [-0.05, 0) is 61.8 Å². The number of ether oxygens (including phenoxy) is 2. The van der Waals surface area contributed by atoms with Crippen molar-refractivity contribution in [1.29, 1.82) is 0 Å². The number of benzene rings is 2. The van der Waals surface area contributed by atoms with E-state index in [-0.39, 0.29) is 22.7 Å². The van der Waals surface area contributed by atoms with Crippen molar-refractivity contribution in [1.82, 2.24) is 4.90 Å². The highest BCUT2D eigenvalue weighted by molar-refractivity contribution is 5.65. The van der Waals surface area contributed by atoms with Crippen molar-refractivity contribution in [2.24, 2.45) is 16.7 Å². The molecule has 188 valence electrons.